The number of hydrogen-bond donors (Lipinski definition) is 2. The number of carboxylic acid groups (broad SMARTS) is 1. The summed E-state index contributed by atoms with van der Waals surface area (Å²) in [6.45, 7) is 2.47. The summed E-state index contributed by atoms with van der Waals surface area (Å²) >= 11 is 0. The quantitative estimate of drug-likeness (QED) is 0.908. The number of carboxylic acids is 1. The first kappa shape index (κ1) is 14.3. The molecule has 1 saturated heterocycles. The zero-order valence-electron chi connectivity index (χ0n) is 12.2. The predicted octanol–water partition coefficient (Wildman–Crippen LogP) is 2.07. The minimum Gasteiger partial charge on any atom is -0.480 e. The molecule has 0 bridgehead atoms. The van der Waals surface area contributed by atoms with Crippen LogP contribution in [0.5, 0.6) is 0 Å². The van der Waals surface area contributed by atoms with Gasteiger partial charge in [0.1, 0.15) is 11.7 Å². The minimum absolute atomic E-state index is 0.309. The van der Waals surface area contributed by atoms with Crippen molar-refractivity contribution in [2.24, 2.45) is 0 Å². The smallest absolute Gasteiger partial charge is 0.326 e. The standard InChI is InChI=1S/C16H17N3O3/c1-10-4-6-11(7-5-10)12-9-13(18-17-12)15(20)19-8-2-3-14(19)16(21)22/h4-7,9,14H,2-3,8H2,1H3,(H,17,18)(H,21,22)/t14-/m0/s1. The van der Waals surface area contributed by atoms with Crippen LogP contribution >= 0.6 is 0 Å². The van der Waals surface area contributed by atoms with E-state index in [4.69, 9.17) is 5.11 Å². The third-order valence-corrected chi connectivity index (χ3v) is 3.95. The summed E-state index contributed by atoms with van der Waals surface area (Å²) in [6, 6.07) is 8.77. The zero-order chi connectivity index (χ0) is 15.7. The van der Waals surface area contributed by atoms with Crippen molar-refractivity contribution in [1.29, 1.82) is 0 Å². The molecular formula is C16H17N3O3. The lowest BCUT2D eigenvalue weighted by molar-refractivity contribution is -0.141. The van der Waals surface area contributed by atoms with Crippen LogP contribution in [-0.2, 0) is 4.79 Å². The maximum Gasteiger partial charge on any atom is 0.326 e. The number of aromatic nitrogens is 2. The first-order chi connectivity index (χ1) is 10.6. The fraction of sp³-hybridized carbons (Fsp3) is 0.312. The first-order valence-electron chi connectivity index (χ1n) is 7.22. The lowest BCUT2D eigenvalue weighted by atomic mass is 10.1. The van der Waals surface area contributed by atoms with Crippen molar-refractivity contribution < 1.29 is 14.7 Å². The molecule has 22 heavy (non-hydrogen) atoms. The Kier molecular flexibility index (Phi) is 3.66. The summed E-state index contributed by atoms with van der Waals surface area (Å²) in [4.78, 5) is 25.0. The van der Waals surface area contributed by atoms with Crippen LogP contribution in [0.3, 0.4) is 0 Å². The molecule has 6 heteroatoms. The highest BCUT2D eigenvalue weighted by Gasteiger charge is 2.35. The Morgan fingerprint density at radius 1 is 1.32 bits per heavy atom. The molecule has 6 nitrogen and oxygen atoms in total. The van der Waals surface area contributed by atoms with Gasteiger partial charge in [-0.25, -0.2) is 4.79 Å². The Balaban J connectivity index is 1.82. The Bertz CT molecular complexity index is 706. The summed E-state index contributed by atoms with van der Waals surface area (Å²) in [5, 5.41) is 16.0. The molecule has 0 aliphatic carbocycles. The largest absolute Gasteiger partial charge is 0.480 e. The van der Waals surface area contributed by atoms with Crippen LogP contribution in [0.4, 0.5) is 0 Å². The number of aliphatic carboxylic acids is 1. The van der Waals surface area contributed by atoms with Gasteiger partial charge in [0.2, 0.25) is 0 Å². The number of benzene rings is 1. The molecule has 1 fully saturated rings. The van der Waals surface area contributed by atoms with Crippen molar-refractivity contribution in [3.63, 3.8) is 0 Å². The van der Waals surface area contributed by atoms with Crippen molar-refractivity contribution in [2.45, 2.75) is 25.8 Å². The second-order valence-electron chi connectivity index (χ2n) is 5.53. The maximum atomic E-state index is 12.5. The molecule has 2 aromatic rings. The highest BCUT2D eigenvalue weighted by Crippen LogP contribution is 2.22. The van der Waals surface area contributed by atoms with Gasteiger partial charge in [-0.3, -0.25) is 9.89 Å². The molecule has 1 atom stereocenters. The summed E-state index contributed by atoms with van der Waals surface area (Å²) in [5.74, 6) is -1.26. The lowest BCUT2D eigenvalue weighted by Crippen LogP contribution is -2.40. The molecule has 2 N–H and O–H groups in total. The van der Waals surface area contributed by atoms with E-state index in [1.807, 2.05) is 31.2 Å². The summed E-state index contributed by atoms with van der Waals surface area (Å²) in [7, 11) is 0. The highest BCUT2D eigenvalue weighted by atomic mass is 16.4. The second-order valence-corrected chi connectivity index (χ2v) is 5.53. The number of likely N-dealkylation sites (tertiary alicyclic amines) is 1. The van der Waals surface area contributed by atoms with E-state index < -0.39 is 12.0 Å². The number of amides is 1. The Morgan fingerprint density at radius 3 is 2.73 bits per heavy atom. The fourth-order valence-corrected chi connectivity index (χ4v) is 2.72. The van der Waals surface area contributed by atoms with Crippen molar-refractivity contribution >= 4 is 11.9 Å². The third-order valence-electron chi connectivity index (χ3n) is 3.95. The number of aryl methyl sites for hydroxylation is 1. The summed E-state index contributed by atoms with van der Waals surface area (Å²) < 4.78 is 0. The van der Waals surface area contributed by atoms with Crippen molar-refractivity contribution in [3.8, 4) is 11.3 Å². The van der Waals surface area contributed by atoms with Gasteiger partial charge in [0.25, 0.3) is 5.91 Å². The predicted molar refractivity (Wildman–Crippen MR) is 80.5 cm³/mol. The van der Waals surface area contributed by atoms with Gasteiger partial charge in [0.15, 0.2) is 0 Å². The van der Waals surface area contributed by atoms with E-state index in [2.05, 4.69) is 10.2 Å². The van der Waals surface area contributed by atoms with Crippen molar-refractivity contribution in [1.82, 2.24) is 15.1 Å². The molecule has 1 aliphatic heterocycles. The number of hydrogen-bond acceptors (Lipinski definition) is 3. The Labute approximate surface area is 127 Å². The highest BCUT2D eigenvalue weighted by molar-refractivity contribution is 5.96. The van der Waals surface area contributed by atoms with Crippen LogP contribution in [0.2, 0.25) is 0 Å². The molecule has 0 radical (unpaired) electrons. The second kappa shape index (κ2) is 5.63. The Hall–Kier alpha value is -2.63. The maximum absolute atomic E-state index is 12.5. The van der Waals surface area contributed by atoms with E-state index >= 15 is 0 Å². The average Bonchev–Trinajstić information content (AvgIpc) is 3.17. The number of carbonyl (C=O) groups is 2. The number of aromatic amines is 1. The van der Waals surface area contributed by atoms with Crippen LogP contribution in [0, 0.1) is 6.92 Å². The van der Waals surface area contributed by atoms with E-state index in [1.165, 1.54) is 4.90 Å². The van der Waals surface area contributed by atoms with Crippen LogP contribution < -0.4 is 0 Å². The van der Waals surface area contributed by atoms with E-state index in [9.17, 15) is 9.59 Å². The molecule has 0 spiro atoms. The van der Waals surface area contributed by atoms with Crippen LogP contribution in [0.15, 0.2) is 30.3 Å². The average molecular weight is 299 g/mol. The fourth-order valence-electron chi connectivity index (χ4n) is 2.72. The first-order valence-corrected chi connectivity index (χ1v) is 7.22. The lowest BCUT2D eigenvalue weighted by Gasteiger charge is -2.20. The van der Waals surface area contributed by atoms with Gasteiger partial charge in [0, 0.05) is 12.1 Å². The van der Waals surface area contributed by atoms with Gasteiger partial charge in [-0.15, -0.1) is 0 Å². The summed E-state index contributed by atoms with van der Waals surface area (Å²) in [6.07, 6.45) is 1.21. The van der Waals surface area contributed by atoms with Crippen LogP contribution in [0.25, 0.3) is 11.3 Å². The SMILES string of the molecule is Cc1ccc(-c2cc(C(=O)N3CCC[C@H]3C(=O)O)[nH]n2)cc1. The molecule has 3 rings (SSSR count). The van der Waals surface area contributed by atoms with E-state index in [0.29, 0.717) is 30.8 Å². The molecule has 1 aliphatic rings. The van der Waals surface area contributed by atoms with Crippen molar-refractivity contribution in [2.75, 3.05) is 6.54 Å². The van der Waals surface area contributed by atoms with Gasteiger partial charge in [-0.1, -0.05) is 29.8 Å². The third kappa shape index (κ3) is 2.59. The molecular weight excluding hydrogens is 282 g/mol. The molecule has 1 amide bonds. The summed E-state index contributed by atoms with van der Waals surface area (Å²) in [5.41, 5.74) is 3.06. The van der Waals surface area contributed by atoms with Gasteiger partial charge < -0.3 is 10.0 Å². The topological polar surface area (TPSA) is 86.3 Å². The molecule has 1 aromatic heterocycles. The molecule has 0 unspecified atom stereocenters. The molecule has 0 saturated carbocycles. The van der Waals surface area contributed by atoms with E-state index in [0.717, 1.165) is 11.1 Å². The van der Waals surface area contributed by atoms with Gasteiger partial charge >= 0.3 is 5.97 Å². The van der Waals surface area contributed by atoms with Gasteiger partial charge in [0.05, 0.1) is 5.69 Å². The van der Waals surface area contributed by atoms with E-state index in [1.54, 1.807) is 6.07 Å². The van der Waals surface area contributed by atoms with Crippen LogP contribution in [-0.4, -0.2) is 44.7 Å². The van der Waals surface area contributed by atoms with Gasteiger partial charge in [-0.2, -0.15) is 5.10 Å². The normalized spacial score (nSPS) is 17.7. The monoisotopic (exact) mass is 299 g/mol. The number of H-pyrrole nitrogens is 1. The molecule has 1 aromatic carbocycles. The number of rotatable bonds is 3. The van der Waals surface area contributed by atoms with E-state index in [-0.39, 0.29) is 5.91 Å². The van der Waals surface area contributed by atoms with Crippen LogP contribution in [0.1, 0.15) is 28.9 Å². The minimum atomic E-state index is -0.955. The number of carbonyl (C=O) groups excluding carboxylic acids is 1. The van der Waals surface area contributed by atoms with Gasteiger partial charge in [-0.05, 0) is 25.8 Å². The molecule has 114 valence electrons. The Morgan fingerprint density at radius 2 is 2.05 bits per heavy atom. The zero-order valence-corrected chi connectivity index (χ0v) is 12.2. The number of nitrogens with one attached hydrogen (secondary N) is 1. The number of nitrogens with zero attached hydrogens (tertiary/aromatic N) is 2. The molecule has 2 heterocycles. The van der Waals surface area contributed by atoms with Crippen molar-refractivity contribution in [3.05, 3.63) is 41.6 Å².